The molecule has 5 aromatic rings. The summed E-state index contributed by atoms with van der Waals surface area (Å²) in [5.74, 6) is -4.93. The zero-order chi connectivity index (χ0) is 49.1. The van der Waals surface area contributed by atoms with E-state index in [0.29, 0.717) is 32.4 Å². The van der Waals surface area contributed by atoms with E-state index in [0.717, 1.165) is 30.3 Å². The fraction of sp³-hybridized carbons (Fsp3) is 0.300. The molecule has 0 bridgehead atoms. The van der Waals surface area contributed by atoms with Crippen molar-refractivity contribution in [2.75, 3.05) is 33.2 Å². The van der Waals surface area contributed by atoms with E-state index in [4.69, 9.17) is 13.7 Å². The van der Waals surface area contributed by atoms with Crippen LogP contribution in [0, 0.1) is 11.6 Å². The zero-order valence-electron chi connectivity index (χ0n) is 41.0. The van der Waals surface area contributed by atoms with Crippen molar-refractivity contribution in [1.82, 2.24) is 14.4 Å². The molecule has 0 radical (unpaired) electrons. The molecular formula is C40H38F5N3O3S. The number of fused-ring (bicyclic) bond motifs is 1. The standard InChI is InChI=1S/C40H38F5N3O3S/c1-51-22-21-46-19-17-32(18-20-46)47(24-27-9-11-28(12-10-27)29-13-15-31(16-14-29)40(43,44)45)37(50)25-48-35-8-3-2-6-33(35)36(49)23-38(48)52-26-30-5-4-7-34(41)39(30)42/h2-16,23,32H,17-22,24-26H2,1H3/i1D3,2D,3D,6D,8D,22D2,23D,24D2,25D2. The molecule has 12 heteroatoms. The van der Waals surface area contributed by atoms with E-state index in [1.165, 1.54) is 41.3 Å². The van der Waals surface area contributed by atoms with Gasteiger partial charge in [-0.15, -0.1) is 11.8 Å². The Kier molecular flexibility index (Phi) is 7.34. The summed E-state index contributed by atoms with van der Waals surface area (Å²) in [5.41, 5.74) is -3.13. The highest BCUT2D eigenvalue weighted by Crippen LogP contribution is 2.32. The number of carbonyl (C=O) groups is 1. The van der Waals surface area contributed by atoms with Crippen molar-refractivity contribution in [3.05, 3.63) is 135 Å². The molecule has 1 fully saturated rings. The average molecular weight is 750 g/mol. The van der Waals surface area contributed by atoms with Crippen molar-refractivity contribution in [2.45, 2.75) is 48.8 Å². The second-order valence-corrected chi connectivity index (χ2v) is 12.6. The molecule has 0 spiro atoms. The zero-order valence-corrected chi connectivity index (χ0v) is 27.9. The van der Waals surface area contributed by atoms with Crippen LogP contribution < -0.4 is 5.43 Å². The number of methoxy groups -OCH3 is 1. The third-order valence-electron chi connectivity index (χ3n) is 8.33. The highest BCUT2D eigenvalue weighted by atomic mass is 32.2. The number of thioether (sulfide) groups is 1. The van der Waals surface area contributed by atoms with Gasteiger partial charge >= 0.3 is 6.18 Å². The lowest BCUT2D eigenvalue weighted by Crippen LogP contribution is -2.48. The third kappa shape index (κ3) is 8.74. The minimum absolute atomic E-state index is 0.129. The van der Waals surface area contributed by atoms with Crippen LogP contribution in [0.25, 0.3) is 22.0 Å². The van der Waals surface area contributed by atoms with E-state index in [1.807, 2.05) is 0 Å². The maximum Gasteiger partial charge on any atom is 0.416 e. The molecule has 4 aromatic carbocycles. The van der Waals surface area contributed by atoms with Gasteiger partial charge in [0.1, 0.15) is 6.50 Å². The molecule has 1 saturated heterocycles. The molecule has 52 heavy (non-hydrogen) atoms. The summed E-state index contributed by atoms with van der Waals surface area (Å²) in [6, 6.07) is 6.00. The van der Waals surface area contributed by atoms with E-state index in [2.05, 4.69) is 4.74 Å². The molecular weight excluding hydrogens is 698 g/mol. The summed E-state index contributed by atoms with van der Waals surface area (Å²) in [5, 5.41) is -1.67. The van der Waals surface area contributed by atoms with Gasteiger partial charge in [-0.05, 0) is 59.8 Å². The molecule has 1 aliphatic heterocycles. The number of piperidine rings is 1. The van der Waals surface area contributed by atoms with Gasteiger partial charge in [-0.1, -0.05) is 60.6 Å². The maximum absolute atomic E-state index is 15.3. The van der Waals surface area contributed by atoms with Gasteiger partial charge in [-0.3, -0.25) is 9.59 Å². The normalized spacial score (nSPS) is 19.2. The molecule has 0 saturated carbocycles. The number of likely N-dealkylation sites (tertiary alicyclic amines) is 1. The number of para-hydroxylation sites is 1. The van der Waals surface area contributed by atoms with Gasteiger partial charge in [0.25, 0.3) is 0 Å². The number of carbonyl (C=O) groups excluding carboxylic acids is 1. The van der Waals surface area contributed by atoms with Crippen LogP contribution in [-0.2, 0) is 34.5 Å². The number of hydrogen-bond acceptors (Lipinski definition) is 5. The summed E-state index contributed by atoms with van der Waals surface area (Å²) < 4.78 is 193. The van der Waals surface area contributed by atoms with Crippen LogP contribution in [0.5, 0.6) is 0 Å². The van der Waals surface area contributed by atoms with Crippen LogP contribution in [0.4, 0.5) is 22.0 Å². The van der Waals surface area contributed by atoms with Gasteiger partial charge in [0.2, 0.25) is 5.91 Å². The lowest BCUT2D eigenvalue weighted by molar-refractivity contribution is -0.137. The molecule has 0 aliphatic carbocycles. The van der Waals surface area contributed by atoms with Crippen molar-refractivity contribution < 1.29 is 50.7 Å². The van der Waals surface area contributed by atoms with Crippen molar-refractivity contribution in [3.8, 4) is 11.1 Å². The highest BCUT2D eigenvalue weighted by molar-refractivity contribution is 7.98. The molecule has 1 aliphatic rings. The summed E-state index contributed by atoms with van der Waals surface area (Å²) in [4.78, 5) is 31.0. The van der Waals surface area contributed by atoms with E-state index in [1.54, 1.807) is 0 Å². The number of benzene rings is 4. The number of alkyl halides is 3. The van der Waals surface area contributed by atoms with Crippen molar-refractivity contribution in [3.63, 3.8) is 0 Å². The van der Waals surface area contributed by atoms with E-state index < -0.39 is 126 Å². The largest absolute Gasteiger partial charge is 0.416 e. The van der Waals surface area contributed by atoms with Gasteiger partial charge in [0.15, 0.2) is 17.1 Å². The predicted molar refractivity (Wildman–Crippen MR) is 193 cm³/mol. The molecule has 272 valence electrons. The Morgan fingerprint density at radius 3 is 2.40 bits per heavy atom. The van der Waals surface area contributed by atoms with Crippen molar-refractivity contribution in [1.29, 1.82) is 0 Å². The van der Waals surface area contributed by atoms with Gasteiger partial charge < -0.3 is 19.1 Å². The molecule has 6 nitrogen and oxygen atoms in total. The molecule has 1 amide bonds. The van der Waals surface area contributed by atoms with Gasteiger partial charge in [-0.25, -0.2) is 8.78 Å². The quantitative estimate of drug-likeness (QED) is 0.0948. The molecule has 0 N–H and O–H groups in total. The van der Waals surface area contributed by atoms with Crippen LogP contribution in [0.1, 0.15) is 48.7 Å². The van der Waals surface area contributed by atoms with Crippen LogP contribution in [-0.4, -0.2) is 59.5 Å². The van der Waals surface area contributed by atoms with Crippen LogP contribution in [0.15, 0.2) is 107 Å². The fourth-order valence-electron chi connectivity index (χ4n) is 5.61. The predicted octanol–water partition coefficient (Wildman–Crippen LogP) is 8.40. The number of rotatable bonds is 12. The van der Waals surface area contributed by atoms with Crippen molar-refractivity contribution in [2.24, 2.45) is 0 Å². The molecule has 2 heterocycles. The Balaban J connectivity index is 1.50. The number of ether oxygens (including phenoxy) is 1. The van der Waals surface area contributed by atoms with Gasteiger partial charge in [0.05, 0.1) is 41.9 Å². The average Bonchev–Trinajstić information content (AvgIpc) is 3.23. The number of nitrogens with zero attached hydrogens (tertiary/aromatic N) is 3. The fourth-order valence-corrected chi connectivity index (χ4v) is 6.56. The first kappa shape index (κ1) is 23.2. The van der Waals surface area contributed by atoms with E-state index in [9.17, 15) is 32.2 Å². The summed E-state index contributed by atoms with van der Waals surface area (Å²) >= 11 is 0.365. The van der Waals surface area contributed by atoms with Crippen LogP contribution >= 0.6 is 11.8 Å². The molecule has 6 rings (SSSR count). The number of pyridine rings is 1. The summed E-state index contributed by atoms with van der Waals surface area (Å²) in [6.45, 7) is -10.2. The molecule has 0 atom stereocenters. The Morgan fingerprint density at radius 1 is 1.02 bits per heavy atom. The Morgan fingerprint density at radius 2 is 1.71 bits per heavy atom. The third-order valence-corrected chi connectivity index (χ3v) is 9.34. The number of amides is 1. The minimum atomic E-state index is -4.62. The monoisotopic (exact) mass is 749 g/mol. The van der Waals surface area contributed by atoms with E-state index in [-0.39, 0.29) is 37.1 Å². The molecule has 1 aromatic heterocycles. The summed E-state index contributed by atoms with van der Waals surface area (Å²) in [6.07, 6.45) is -5.03. The Labute approximate surface area is 322 Å². The van der Waals surface area contributed by atoms with E-state index >= 15 is 4.79 Å². The smallest absolute Gasteiger partial charge is 0.383 e. The maximum atomic E-state index is 15.3. The second-order valence-electron chi connectivity index (χ2n) is 11.6. The Hall–Kier alpha value is -4.52. The second kappa shape index (κ2) is 16.4. The summed E-state index contributed by atoms with van der Waals surface area (Å²) in [7, 11) is -3.11. The molecule has 0 unspecified atom stereocenters. The first-order chi connectivity index (χ1) is 30.5. The van der Waals surface area contributed by atoms with Gasteiger partial charge in [-0.2, -0.15) is 13.2 Å². The number of aromatic nitrogens is 1. The Bertz CT molecular complexity index is 2720. The topological polar surface area (TPSA) is 54.8 Å². The SMILES string of the molecule is [2H]c1c([2H])c([2H])c2c(c1[2H])c(=O)c([2H])c(SCc1cccc(F)c1F)n2C([2H])([2H])C(=O)N(C1CCN(CC([2H])([2H])OC([2H])([2H])[2H])CC1)C([2H])([2H])c1ccc(-c2ccc(C(F)(F)F)cc2)cc1. The van der Waals surface area contributed by atoms with Crippen LogP contribution in [0.2, 0.25) is 0 Å². The number of hydrogen-bond donors (Lipinski definition) is 0. The van der Waals surface area contributed by atoms with Crippen LogP contribution in [0.3, 0.4) is 0 Å². The highest BCUT2D eigenvalue weighted by Gasteiger charge is 2.31. The lowest BCUT2D eigenvalue weighted by Gasteiger charge is -2.39. The lowest BCUT2D eigenvalue weighted by atomic mass is 10.00. The van der Waals surface area contributed by atoms with Gasteiger partial charge in [0, 0.05) is 62.0 Å². The number of halogens is 5. The van der Waals surface area contributed by atoms with Crippen molar-refractivity contribution >= 4 is 28.6 Å². The minimum Gasteiger partial charge on any atom is -0.383 e. The first-order valence-corrected chi connectivity index (χ1v) is 16.7. The first-order valence-electron chi connectivity index (χ1n) is 22.7.